The second-order valence-electron chi connectivity index (χ2n) is 4.92. The monoisotopic (exact) mass is 272 g/mol. The molecule has 0 spiro atoms. The van der Waals surface area contributed by atoms with E-state index in [0.29, 0.717) is 0 Å². The second-order valence-corrected chi connectivity index (χ2v) is 4.92. The van der Waals surface area contributed by atoms with Crippen LogP contribution in [-0.4, -0.2) is 11.5 Å². The average Bonchev–Trinajstić information content (AvgIpc) is 2.45. The summed E-state index contributed by atoms with van der Waals surface area (Å²) in [6.07, 6.45) is 4.67. The molecule has 0 saturated carbocycles. The Hall–Kier alpha value is -1.74. The largest absolute Gasteiger partial charge is 0.307 e. The van der Waals surface area contributed by atoms with E-state index < -0.39 is 0 Å². The third-order valence-electron chi connectivity index (χ3n) is 3.58. The van der Waals surface area contributed by atoms with Crippen molar-refractivity contribution in [3.63, 3.8) is 0 Å². The topological polar surface area (TPSA) is 24.9 Å². The van der Waals surface area contributed by atoms with Crippen LogP contribution in [0.15, 0.2) is 36.7 Å². The lowest BCUT2D eigenvalue weighted by atomic mass is 9.92. The summed E-state index contributed by atoms with van der Waals surface area (Å²) in [7, 11) is 0. The quantitative estimate of drug-likeness (QED) is 0.895. The Labute approximate surface area is 120 Å². The van der Waals surface area contributed by atoms with Crippen LogP contribution in [0.5, 0.6) is 0 Å². The number of nitrogens with one attached hydrogen (secondary N) is 1. The van der Waals surface area contributed by atoms with Crippen molar-refractivity contribution in [2.75, 3.05) is 6.54 Å². The van der Waals surface area contributed by atoms with Crippen molar-refractivity contribution in [2.45, 2.75) is 33.2 Å². The van der Waals surface area contributed by atoms with Crippen LogP contribution in [0.4, 0.5) is 4.39 Å². The van der Waals surface area contributed by atoms with Crippen molar-refractivity contribution in [1.82, 2.24) is 10.3 Å². The average molecular weight is 272 g/mol. The molecule has 0 aliphatic heterocycles. The Bertz CT molecular complexity index is 581. The number of aryl methyl sites for hydroxylation is 2. The van der Waals surface area contributed by atoms with Gasteiger partial charge in [0, 0.05) is 12.4 Å². The molecule has 1 N–H and O–H groups in total. The van der Waals surface area contributed by atoms with Gasteiger partial charge >= 0.3 is 0 Å². The maximum atomic E-state index is 13.3. The Morgan fingerprint density at radius 1 is 1.20 bits per heavy atom. The molecule has 2 aromatic rings. The van der Waals surface area contributed by atoms with Crippen molar-refractivity contribution in [1.29, 1.82) is 0 Å². The maximum Gasteiger partial charge on any atom is 0.123 e. The molecule has 1 unspecified atom stereocenters. The predicted molar refractivity (Wildman–Crippen MR) is 80.3 cm³/mol. The molecule has 1 aromatic carbocycles. The third-order valence-corrected chi connectivity index (χ3v) is 3.58. The Morgan fingerprint density at radius 2 is 2.00 bits per heavy atom. The number of nitrogens with zero attached hydrogens (tertiary/aromatic N) is 1. The Kier molecular flexibility index (Phi) is 4.85. The molecule has 0 amide bonds. The van der Waals surface area contributed by atoms with Crippen LogP contribution in [-0.2, 0) is 6.42 Å². The molecular weight excluding hydrogens is 251 g/mol. The number of benzene rings is 1. The van der Waals surface area contributed by atoms with E-state index in [1.54, 1.807) is 6.07 Å². The summed E-state index contributed by atoms with van der Waals surface area (Å²) in [5.74, 6) is -0.188. The van der Waals surface area contributed by atoms with Gasteiger partial charge in [0.1, 0.15) is 5.82 Å². The molecular formula is C17H21FN2. The molecule has 20 heavy (non-hydrogen) atoms. The zero-order valence-electron chi connectivity index (χ0n) is 12.3. The standard InChI is InChI=1S/C17H21FN2/c1-4-13-11-19-9-8-16(13)17(20-5-2)15-7-6-14(18)10-12(15)3/h6-11,17,20H,4-5H2,1-3H3. The number of pyridine rings is 1. The highest BCUT2D eigenvalue weighted by Gasteiger charge is 2.18. The van der Waals surface area contributed by atoms with Gasteiger partial charge in [0.15, 0.2) is 0 Å². The maximum absolute atomic E-state index is 13.3. The summed E-state index contributed by atoms with van der Waals surface area (Å²) >= 11 is 0. The van der Waals surface area contributed by atoms with Crippen LogP contribution in [0, 0.1) is 12.7 Å². The SMILES string of the molecule is CCNC(c1ccc(F)cc1C)c1ccncc1CC. The molecule has 0 aliphatic rings. The third kappa shape index (κ3) is 3.05. The highest BCUT2D eigenvalue weighted by Crippen LogP contribution is 2.27. The molecule has 106 valence electrons. The molecule has 1 atom stereocenters. The first-order valence-corrected chi connectivity index (χ1v) is 7.09. The van der Waals surface area contributed by atoms with Gasteiger partial charge in [-0.05, 0) is 60.3 Å². The lowest BCUT2D eigenvalue weighted by Crippen LogP contribution is -2.24. The van der Waals surface area contributed by atoms with Gasteiger partial charge in [-0.3, -0.25) is 4.98 Å². The number of halogens is 1. The van der Waals surface area contributed by atoms with Crippen LogP contribution in [0.1, 0.15) is 42.1 Å². The number of aromatic nitrogens is 1. The van der Waals surface area contributed by atoms with Crippen LogP contribution in [0.3, 0.4) is 0 Å². The van der Waals surface area contributed by atoms with Crippen molar-refractivity contribution in [3.05, 3.63) is 64.7 Å². The van der Waals surface area contributed by atoms with E-state index in [0.717, 1.165) is 24.1 Å². The molecule has 0 fully saturated rings. The van der Waals surface area contributed by atoms with Crippen molar-refractivity contribution in [3.8, 4) is 0 Å². The fraction of sp³-hybridized carbons (Fsp3) is 0.353. The van der Waals surface area contributed by atoms with Gasteiger partial charge in [-0.25, -0.2) is 4.39 Å². The molecule has 0 aliphatic carbocycles. The molecule has 1 heterocycles. The minimum Gasteiger partial charge on any atom is -0.307 e. The van der Waals surface area contributed by atoms with E-state index in [4.69, 9.17) is 0 Å². The van der Waals surface area contributed by atoms with Crippen molar-refractivity contribution < 1.29 is 4.39 Å². The van der Waals surface area contributed by atoms with Gasteiger partial charge in [0.2, 0.25) is 0 Å². The molecule has 0 saturated heterocycles. The van der Waals surface area contributed by atoms with Crippen LogP contribution in [0.25, 0.3) is 0 Å². The molecule has 3 heteroatoms. The van der Waals surface area contributed by atoms with Crippen LogP contribution in [0.2, 0.25) is 0 Å². The van der Waals surface area contributed by atoms with Gasteiger partial charge < -0.3 is 5.32 Å². The van der Waals surface area contributed by atoms with E-state index in [1.807, 2.05) is 25.4 Å². The van der Waals surface area contributed by atoms with Crippen molar-refractivity contribution >= 4 is 0 Å². The normalized spacial score (nSPS) is 12.4. The van der Waals surface area contributed by atoms with E-state index in [2.05, 4.69) is 30.2 Å². The Morgan fingerprint density at radius 3 is 2.65 bits per heavy atom. The lowest BCUT2D eigenvalue weighted by Gasteiger charge is -2.23. The number of rotatable bonds is 5. The molecule has 0 bridgehead atoms. The summed E-state index contributed by atoms with van der Waals surface area (Å²) in [5.41, 5.74) is 4.53. The highest BCUT2D eigenvalue weighted by molar-refractivity contribution is 5.39. The summed E-state index contributed by atoms with van der Waals surface area (Å²) in [6.45, 7) is 7.02. The van der Waals surface area contributed by atoms with Gasteiger partial charge in [-0.15, -0.1) is 0 Å². The lowest BCUT2D eigenvalue weighted by molar-refractivity contribution is 0.607. The summed E-state index contributed by atoms with van der Waals surface area (Å²) in [4.78, 5) is 4.20. The summed E-state index contributed by atoms with van der Waals surface area (Å²) in [5, 5.41) is 3.50. The van der Waals surface area contributed by atoms with Crippen molar-refractivity contribution in [2.24, 2.45) is 0 Å². The smallest absolute Gasteiger partial charge is 0.123 e. The van der Waals surface area contributed by atoms with Crippen LogP contribution >= 0.6 is 0 Å². The Balaban J connectivity index is 2.50. The van der Waals surface area contributed by atoms with Gasteiger partial charge in [-0.1, -0.05) is 19.9 Å². The molecule has 0 radical (unpaired) electrons. The van der Waals surface area contributed by atoms with Crippen LogP contribution < -0.4 is 5.32 Å². The zero-order chi connectivity index (χ0) is 14.5. The van der Waals surface area contributed by atoms with E-state index >= 15 is 0 Å². The summed E-state index contributed by atoms with van der Waals surface area (Å²) < 4.78 is 13.3. The minimum atomic E-state index is -0.188. The fourth-order valence-electron chi connectivity index (χ4n) is 2.57. The van der Waals surface area contributed by atoms with E-state index in [1.165, 1.54) is 17.2 Å². The summed E-state index contributed by atoms with van der Waals surface area (Å²) in [6, 6.07) is 7.12. The van der Waals surface area contributed by atoms with Gasteiger partial charge in [0.25, 0.3) is 0 Å². The van der Waals surface area contributed by atoms with E-state index in [9.17, 15) is 4.39 Å². The number of hydrogen-bond donors (Lipinski definition) is 1. The predicted octanol–water partition coefficient (Wildman–Crippen LogP) is 3.79. The molecule has 2 nitrogen and oxygen atoms in total. The molecule has 2 rings (SSSR count). The minimum absolute atomic E-state index is 0.0820. The first-order chi connectivity index (χ1) is 9.67. The van der Waals surface area contributed by atoms with Gasteiger partial charge in [-0.2, -0.15) is 0 Å². The first-order valence-electron chi connectivity index (χ1n) is 7.09. The first kappa shape index (κ1) is 14.7. The highest BCUT2D eigenvalue weighted by atomic mass is 19.1. The molecule has 1 aromatic heterocycles. The zero-order valence-corrected chi connectivity index (χ0v) is 12.3. The fourth-order valence-corrected chi connectivity index (χ4v) is 2.57. The number of hydrogen-bond acceptors (Lipinski definition) is 2. The van der Waals surface area contributed by atoms with Gasteiger partial charge in [0.05, 0.1) is 6.04 Å². The second kappa shape index (κ2) is 6.62. The van der Waals surface area contributed by atoms with E-state index in [-0.39, 0.29) is 11.9 Å².